The van der Waals surface area contributed by atoms with Gasteiger partial charge in [0.15, 0.2) is 11.5 Å². The van der Waals surface area contributed by atoms with E-state index in [1.807, 2.05) is 41.8 Å². The topological polar surface area (TPSA) is 47.9 Å². The first kappa shape index (κ1) is 14.7. The minimum atomic E-state index is 0.545. The van der Waals surface area contributed by atoms with Crippen LogP contribution in [-0.4, -0.2) is 21.8 Å². The Bertz CT molecular complexity index is 739. The molecule has 2 heterocycles. The van der Waals surface area contributed by atoms with Crippen LogP contribution in [0.25, 0.3) is 22.0 Å². The number of nitrogens with zero attached hydrogens (tertiary/aromatic N) is 3. The Labute approximate surface area is 133 Å². The van der Waals surface area contributed by atoms with E-state index in [4.69, 9.17) is 4.74 Å². The molecule has 0 aliphatic heterocycles. The van der Waals surface area contributed by atoms with E-state index in [-0.39, 0.29) is 0 Å². The first-order valence-electron chi connectivity index (χ1n) is 7.26. The van der Waals surface area contributed by atoms with E-state index in [1.165, 1.54) is 5.56 Å². The van der Waals surface area contributed by atoms with Gasteiger partial charge in [-0.25, -0.2) is 0 Å². The zero-order valence-corrected chi connectivity index (χ0v) is 13.4. The Hall–Kier alpha value is -2.27. The molecular formula is C17H17N3OS. The van der Waals surface area contributed by atoms with Crippen molar-refractivity contribution in [3.8, 4) is 27.8 Å². The van der Waals surface area contributed by atoms with Gasteiger partial charge in [-0.1, -0.05) is 42.8 Å². The third-order valence-corrected chi connectivity index (χ3v) is 4.03. The smallest absolute Gasteiger partial charge is 0.244 e. The Morgan fingerprint density at radius 3 is 2.59 bits per heavy atom. The van der Waals surface area contributed by atoms with E-state index < -0.39 is 0 Å². The van der Waals surface area contributed by atoms with Gasteiger partial charge in [0.05, 0.1) is 11.5 Å². The van der Waals surface area contributed by atoms with Gasteiger partial charge >= 0.3 is 0 Å². The molecule has 0 aliphatic carbocycles. The number of thiophene rings is 1. The molecule has 4 nitrogen and oxygen atoms in total. The zero-order valence-electron chi connectivity index (χ0n) is 12.6. The lowest BCUT2D eigenvalue weighted by Gasteiger charge is -2.09. The monoisotopic (exact) mass is 311 g/mol. The SMILES string of the molecule is CCCOc1nc(-c2cccs2)nnc1-c1ccc(C)cc1. The van der Waals surface area contributed by atoms with Gasteiger partial charge < -0.3 is 4.74 Å². The van der Waals surface area contributed by atoms with Crippen molar-refractivity contribution in [3.63, 3.8) is 0 Å². The second-order valence-corrected chi connectivity index (χ2v) is 5.93. The predicted molar refractivity (Wildman–Crippen MR) is 89.1 cm³/mol. The van der Waals surface area contributed by atoms with Gasteiger partial charge in [0.2, 0.25) is 5.88 Å². The van der Waals surface area contributed by atoms with Crippen LogP contribution in [0, 0.1) is 6.92 Å². The van der Waals surface area contributed by atoms with E-state index >= 15 is 0 Å². The molecule has 0 spiro atoms. The minimum absolute atomic E-state index is 0.545. The Morgan fingerprint density at radius 1 is 1.09 bits per heavy atom. The van der Waals surface area contributed by atoms with Crippen molar-refractivity contribution in [3.05, 3.63) is 47.3 Å². The van der Waals surface area contributed by atoms with Crippen molar-refractivity contribution in [2.75, 3.05) is 6.61 Å². The van der Waals surface area contributed by atoms with E-state index in [9.17, 15) is 0 Å². The normalized spacial score (nSPS) is 10.6. The molecule has 0 unspecified atom stereocenters. The maximum absolute atomic E-state index is 5.80. The summed E-state index contributed by atoms with van der Waals surface area (Å²) in [6.07, 6.45) is 0.922. The van der Waals surface area contributed by atoms with Crippen molar-refractivity contribution >= 4 is 11.3 Å². The highest BCUT2D eigenvalue weighted by molar-refractivity contribution is 7.13. The van der Waals surface area contributed by atoms with E-state index in [0.717, 1.165) is 16.9 Å². The molecule has 3 rings (SSSR count). The molecule has 0 radical (unpaired) electrons. The number of benzene rings is 1. The number of aromatic nitrogens is 3. The summed E-state index contributed by atoms with van der Waals surface area (Å²) in [5.74, 6) is 1.15. The number of hydrogen-bond donors (Lipinski definition) is 0. The maximum Gasteiger partial charge on any atom is 0.244 e. The Balaban J connectivity index is 2.03. The van der Waals surface area contributed by atoms with Crippen molar-refractivity contribution in [1.82, 2.24) is 15.2 Å². The van der Waals surface area contributed by atoms with Crippen molar-refractivity contribution in [2.45, 2.75) is 20.3 Å². The molecule has 0 saturated carbocycles. The second-order valence-electron chi connectivity index (χ2n) is 4.98. The summed E-state index contributed by atoms with van der Waals surface area (Å²) in [7, 11) is 0. The van der Waals surface area contributed by atoms with Crippen LogP contribution in [0.15, 0.2) is 41.8 Å². The minimum Gasteiger partial charge on any atom is -0.476 e. The van der Waals surface area contributed by atoms with Gasteiger partial charge in [-0.3, -0.25) is 0 Å². The van der Waals surface area contributed by atoms with Gasteiger partial charge in [0.1, 0.15) is 0 Å². The van der Waals surface area contributed by atoms with Crippen LogP contribution in [-0.2, 0) is 0 Å². The molecular weight excluding hydrogens is 294 g/mol. The molecule has 0 aliphatic rings. The molecule has 0 fully saturated rings. The van der Waals surface area contributed by atoms with E-state index in [2.05, 4.69) is 29.0 Å². The summed E-state index contributed by atoms with van der Waals surface area (Å²) in [6, 6.07) is 12.1. The van der Waals surface area contributed by atoms with Crippen LogP contribution in [0.5, 0.6) is 5.88 Å². The van der Waals surface area contributed by atoms with Gasteiger partial charge in [0, 0.05) is 5.56 Å². The molecule has 1 aromatic carbocycles. The van der Waals surface area contributed by atoms with Gasteiger partial charge in [0.25, 0.3) is 0 Å². The maximum atomic E-state index is 5.80. The number of hydrogen-bond acceptors (Lipinski definition) is 5. The first-order chi connectivity index (χ1) is 10.8. The fraction of sp³-hybridized carbons (Fsp3) is 0.235. The van der Waals surface area contributed by atoms with Crippen LogP contribution in [0.4, 0.5) is 0 Å². The average Bonchev–Trinajstić information content (AvgIpc) is 3.08. The summed E-state index contributed by atoms with van der Waals surface area (Å²) < 4.78 is 5.80. The van der Waals surface area contributed by atoms with E-state index in [1.54, 1.807) is 11.3 Å². The van der Waals surface area contributed by atoms with Gasteiger partial charge in [-0.05, 0) is 24.8 Å². The van der Waals surface area contributed by atoms with Crippen LogP contribution >= 0.6 is 11.3 Å². The standard InChI is InChI=1S/C17H17N3OS/c1-3-10-21-17-15(13-8-6-12(2)7-9-13)19-20-16(18-17)14-5-4-11-22-14/h4-9,11H,3,10H2,1-2H3. The van der Waals surface area contributed by atoms with Crippen molar-refractivity contribution in [2.24, 2.45) is 0 Å². The molecule has 0 atom stereocenters. The largest absolute Gasteiger partial charge is 0.476 e. The summed E-state index contributed by atoms with van der Waals surface area (Å²) in [6.45, 7) is 4.74. The fourth-order valence-electron chi connectivity index (χ4n) is 2.01. The third-order valence-electron chi connectivity index (χ3n) is 3.16. The van der Waals surface area contributed by atoms with Gasteiger partial charge in [-0.15, -0.1) is 21.5 Å². The summed E-state index contributed by atoms with van der Waals surface area (Å²) in [4.78, 5) is 5.56. The molecule has 5 heteroatoms. The Kier molecular flexibility index (Phi) is 4.44. The molecule has 0 saturated heterocycles. The number of ether oxygens (including phenoxy) is 1. The highest BCUT2D eigenvalue weighted by Gasteiger charge is 2.14. The lowest BCUT2D eigenvalue weighted by molar-refractivity contribution is 0.305. The summed E-state index contributed by atoms with van der Waals surface area (Å²) in [5, 5.41) is 10.6. The summed E-state index contributed by atoms with van der Waals surface area (Å²) in [5.41, 5.74) is 2.86. The highest BCUT2D eigenvalue weighted by Crippen LogP contribution is 2.29. The average molecular weight is 311 g/mol. The molecule has 0 N–H and O–H groups in total. The van der Waals surface area contributed by atoms with Crippen LogP contribution in [0.3, 0.4) is 0 Å². The Morgan fingerprint density at radius 2 is 1.91 bits per heavy atom. The van der Waals surface area contributed by atoms with Crippen molar-refractivity contribution in [1.29, 1.82) is 0 Å². The lowest BCUT2D eigenvalue weighted by Crippen LogP contribution is -2.04. The predicted octanol–water partition coefficient (Wildman–Crippen LogP) is 4.36. The molecule has 2 aromatic heterocycles. The molecule has 0 bridgehead atoms. The molecule has 0 amide bonds. The molecule has 112 valence electrons. The van der Waals surface area contributed by atoms with Crippen LogP contribution in [0.2, 0.25) is 0 Å². The number of rotatable bonds is 5. The molecule has 3 aromatic rings. The highest BCUT2D eigenvalue weighted by atomic mass is 32.1. The van der Waals surface area contributed by atoms with E-state index in [0.29, 0.717) is 24.0 Å². The lowest BCUT2D eigenvalue weighted by atomic mass is 10.1. The van der Waals surface area contributed by atoms with Crippen LogP contribution < -0.4 is 4.74 Å². The zero-order chi connectivity index (χ0) is 15.4. The van der Waals surface area contributed by atoms with Gasteiger partial charge in [-0.2, -0.15) is 4.98 Å². The first-order valence-corrected chi connectivity index (χ1v) is 8.14. The second kappa shape index (κ2) is 6.66. The fourth-order valence-corrected chi connectivity index (χ4v) is 2.67. The third kappa shape index (κ3) is 3.14. The summed E-state index contributed by atoms with van der Waals surface area (Å²) >= 11 is 1.59. The van der Waals surface area contributed by atoms with Crippen molar-refractivity contribution < 1.29 is 4.74 Å². The number of aryl methyl sites for hydroxylation is 1. The quantitative estimate of drug-likeness (QED) is 0.702. The molecule has 22 heavy (non-hydrogen) atoms. The van der Waals surface area contributed by atoms with Crippen LogP contribution in [0.1, 0.15) is 18.9 Å².